The van der Waals surface area contributed by atoms with Gasteiger partial charge in [0.15, 0.2) is 0 Å². The smallest absolute Gasteiger partial charge is 0.237 e. The van der Waals surface area contributed by atoms with Crippen molar-refractivity contribution >= 4 is 38.9 Å². The Kier molecular flexibility index (Phi) is 4.88. The van der Waals surface area contributed by atoms with E-state index in [2.05, 4.69) is 38.8 Å². The van der Waals surface area contributed by atoms with E-state index in [9.17, 15) is 4.79 Å². The maximum Gasteiger partial charge on any atom is 0.237 e. The van der Waals surface area contributed by atoms with E-state index < -0.39 is 0 Å². The minimum absolute atomic E-state index is 0.0576. The molecule has 3 aromatic rings. The van der Waals surface area contributed by atoms with Gasteiger partial charge in [0.2, 0.25) is 5.91 Å². The number of halogens is 1. The Balaban J connectivity index is 1.78. The molecule has 1 heterocycles. The minimum atomic E-state index is -0.214. The SMILES string of the molecule is CC(Br)C(=O)Nc1ccc(-c2csc(-c3ccccc3)n2)cc1. The molecule has 0 aliphatic carbocycles. The van der Waals surface area contributed by atoms with Gasteiger partial charge in [-0.25, -0.2) is 4.98 Å². The normalized spacial score (nSPS) is 11.9. The van der Waals surface area contributed by atoms with E-state index in [1.807, 2.05) is 42.5 Å². The number of aromatic nitrogens is 1. The molecule has 5 heteroatoms. The lowest BCUT2D eigenvalue weighted by Gasteiger charge is -2.07. The lowest BCUT2D eigenvalue weighted by molar-refractivity contribution is -0.115. The van der Waals surface area contributed by atoms with Crippen LogP contribution in [0.5, 0.6) is 0 Å². The average molecular weight is 387 g/mol. The first-order valence-electron chi connectivity index (χ1n) is 7.20. The van der Waals surface area contributed by atoms with Gasteiger partial charge in [-0.1, -0.05) is 58.4 Å². The second kappa shape index (κ2) is 7.06. The van der Waals surface area contributed by atoms with E-state index in [0.29, 0.717) is 0 Å². The summed E-state index contributed by atoms with van der Waals surface area (Å²) in [6, 6.07) is 17.9. The monoisotopic (exact) mass is 386 g/mol. The van der Waals surface area contributed by atoms with Gasteiger partial charge in [0.1, 0.15) is 5.01 Å². The molecule has 1 unspecified atom stereocenters. The van der Waals surface area contributed by atoms with Crippen LogP contribution >= 0.6 is 27.3 Å². The molecule has 0 fully saturated rings. The van der Waals surface area contributed by atoms with Gasteiger partial charge < -0.3 is 5.32 Å². The number of thiazole rings is 1. The van der Waals surface area contributed by atoms with Gasteiger partial charge in [-0.15, -0.1) is 11.3 Å². The van der Waals surface area contributed by atoms with Gasteiger partial charge in [0.05, 0.1) is 10.5 Å². The predicted octanol–water partition coefficient (Wildman–Crippen LogP) is 5.20. The summed E-state index contributed by atoms with van der Waals surface area (Å²) in [7, 11) is 0. The number of anilines is 1. The lowest BCUT2D eigenvalue weighted by Crippen LogP contribution is -2.19. The Labute approximate surface area is 147 Å². The van der Waals surface area contributed by atoms with Crippen LogP contribution < -0.4 is 5.32 Å². The van der Waals surface area contributed by atoms with Crippen molar-refractivity contribution in [2.45, 2.75) is 11.8 Å². The first-order chi connectivity index (χ1) is 11.1. The summed E-state index contributed by atoms with van der Waals surface area (Å²) in [5.41, 5.74) is 3.89. The molecule has 0 aliphatic rings. The molecule has 0 bridgehead atoms. The first-order valence-corrected chi connectivity index (χ1v) is 8.99. The first kappa shape index (κ1) is 15.9. The van der Waals surface area contributed by atoms with Crippen molar-refractivity contribution in [1.82, 2.24) is 4.98 Å². The number of benzene rings is 2. The van der Waals surface area contributed by atoms with E-state index in [4.69, 9.17) is 4.98 Å². The molecule has 0 aliphatic heterocycles. The standard InChI is InChI=1S/C18H15BrN2OS/c1-12(19)17(22)20-15-9-7-13(8-10-15)16-11-23-18(21-16)14-5-3-2-4-6-14/h2-12H,1H3,(H,20,22). The number of carbonyl (C=O) groups excluding carboxylic acids is 1. The summed E-state index contributed by atoms with van der Waals surface area (Å²) in [6.45, 7) is 1.80. The second-order valence-electron chi connectivity index (χ2n) is 5.09. The maximum atomic E-state index is 11.7. The largest absolute Gasteiger partial charge is 0.325 e. The Morgan fingerprint density at radius 3 is 2.43 bits per heavy atom. The van der Waals surface area contributed by atoms with Crippen LogP contribution in [-0.2, 0) is 4.79 Å². The third-order valence-corrected chi connectivity index (χ3v) is 4.64. The van der Waals surface area contributed by atoms with Gasteiger partial charge in [-0.3, -0.25) is 4.79 Å². The summed E-state index contributed by atoms with van der Waals surface area (Å²) in [5.74, 6) is -0.0576. The number of nitrogens with one attached hydrogen (secondary N) is 1. The fraction of sp³-hybridized carbons (Fsp3) is 0.111. The van der Waals surface area contributed by atoms with Crippen molar-refractivity contribution in [3.8, 4) is 21.8 Å². The van der Waals surface area contributed by atoms with Crippen molar-refractivity contribution in [2.24, 2.45) is 0 Å². The average Bonchev–Trinajstić information content (AvgIpc) is 3.06. The Bertz CT molecular complexity index is 797. The fourth-order valence-electron chi connectivity index (χ4n) is 2.09. The molecular weight excluding hydrogens is 372 g/mol. The summed E-state index contributed by atoms with van der Waals surface area (Å²) >= 11 is 4.88. The van der Waals surface area contributed by atoms with Crippen LogP contribution in [0.25, 0.3) is 21.8 Å². The molecule has 0 saturated heterocycles. The molecule has 1 N–H and O–H groups in total. The van der Waals surface area contributed by atoms with Crippen molar-refractivity contribution in [3.63, 3.8) is 0 Å². The van der Waals surface area contributed by atoms with E-state index in [1.165, 1.54) is 0 Å². The highest BCUT2D eigenvalue weighted by Gasteiger charge is 2.09. The van der Waals surface area contributed by atoms with Crippen LogP contribution in [0.3, 0.4) is 0 Å². The van der Waals surface area contributed by atoms with E-state index in [1.54, 1.807) is 18.3 Å². The third-order valence-electron chi connectivity index (χ3n) is 3.33. The molecule has 0 saturated carbocycles. The molecule has 116 valence electrons. The van der Waals surface area contributed by atoms with Gasteiger partial charge >= 0.3 is 0 Å². The number of hydrogen-bond donors (Lipinski definition) is 1. The third kappa shape index (κ3) is 3.86. The van der Waals surface area contributed by atoms with Gasteiger partial charge in [0.25, 0.3) is 0 Å². The number of rotatable bonds is 4. The van der Waals surface area contributed by atoms with E-state index in [-0.39, 0.29) is 10.7 Å². The molecule has 0 radical (unpaired) electrons. The van der Waals surface area contributed by atoms with Gasteiger partial charge in [-0.2, -0.15) is 0 Å². The Morgan fingerprint density at radius 1 is 1.09 bits per heavy atom. The highest BCUT2D eigenvalue weighted by atomic mass is 79.9. The summed E-state index contributed by atoms with van der Waals surface area (Å²) < 4.78 is 0. The second-order valence-corrected chi connectivity index (χ2v) is 7.32. The number of nitrogens with zero attached hydrogens (tertiary/aromatic N) is 1. The van der Waals surface area contributed by atoms with Crippen LogP contribution in [0.4, 0.5) is 5.69 Å². The van der Waals surface area contributed by atoms with Crippen LogP contribution in [0.15, 0.2) is 60.0 Å². The molecule has 2 aromatic carbocycles. The number of hydrogen-bond acceptors (Lipinski definition) is 3. The quantitative estimate of drug-likeness (QED) is 0.626. The van der Waals surface area contributed by atoms with Gasteiger partial charge in [0, 0.05) is 22.2 Å². The highest BCUT2D eigenvalue weighted by molar-refractivity contribution is 9.10. The molecule has 23 heavy (non-hydrogen) atoms. The van der Waals surface area contributed by atoms with Crippen LogP contribution in [0.1, 0.15) is 6.92 Å². The van der Waals surface area contributed by atoms with E-state index >= 15 is 0 Å². The van der Waals surface area contributed by atoms with E-state index in [0.717, 1.165) is 27.5 Å². The van der Waals surface area contributed by atoms with Crippen molar-refractivity contribution in [1.29, 1.82) is 0 Å². The molecule has 1 aromatic heterocycles. The zero-order valence-corrected chi connectivity index (χ0v) is 14.9. The zero-order valence-electron chi connectivity index (χ0n) is 12.5. The Morgan fingerprint density at radius 2 is 1.78 bits per heavy atom. The summed E-state index contributed by atoms with van der Waals surface area (Å²) in [4.78, 5) is 16.1. The lowest BCUT2D eigenvalue weighted by atomic mass is 10.1. The van der Waals surface area contributed by atoms with Crippen LogP contribution in [0.2, 0.25) is 0 Å². The van der Waals surface area contributed by atoms with Crippen molar-refractivity contribution < 1.29 is 4.79 Å². The molecular formula is C18H15BrN2OS. The number of alkyl halides is 1. The van der Waals surface area contributed by atoms with Crippen LogP contribution in [-0.4, -0.2) is 15.7 Å². The minimum Gasteiger partial charge on any atom is -0.325 e. The van der Waals surface area contributed by atoms with Crippen LogP contribution in [0, 0.1) is 0 Å². The highest BCUT2D eigenvalue weighted by Crippen LogP contribution is 2.29. The predicted molar refractivity (Wildman–Crippen MR) is 100 cm³/mol. The fourth-order valence-corrected chi connectivity index (χ4v) is 3.04. The molecule has 1 amide bonds. The molecule has 3 rings (SSSR count). The summed E-state index contributed by atoms with van der Waals surface area (Å²) in [6.07, 6.45) is 0. The number of amides is 1. The zero-order chi connectivity index (χ0) is 16.2. The summed E-state index contributed by atoms with van der Waals surface area (Å²) in [5, 5.41) is 5.91. The maximum absolute atomic E-state index is 11.7. The van der Waals surface area contributed by atoms with Crippen molar-refractivity contribution in [2.75, 3.05) is 5.32 Å². The molecule has 1 atom stereocenters. The topological polar surface area (TPSA) is 42.0 Å². The molecule has 0 spiro atoms. The number of carbonyl (C=O) groups is 1. The molecule has 3 nitrogen and oxygen atoms in total. The van der Waals surface area contributed by atoms with Crippen molar-refractivity contribution in [3.05, 3.63) is 60.0 Å². The Hall–Kier alpha value is -1.98. The van der Waals surface area contributed by atoms with Gasteiger partial charge in [-0.05, 0) is 19.1 Å².